The number of amides is 3. The number of thiazole rings is 1. The first-order chi connectivity index (χ1) is 15.4. The molecule has 0 aliphatic rings. The van der Waals surface area contributed by atoms with E-state index in [9.17, 15) is 9.59 Å². The summed E-state index contributed by atoms with van der Waals surface area (Å²) in [5.74, 6) is 0.561. The predicted octanol–water partition coefficient (Wildman–Crippen LogP) is 4.59. The topological polar surface area (TPSA) is 92.4 Å². The van der Waals surface area contributed by atoms with E-state index in [2.05, 4.69) is 27.0 Å². The summed E-state index contributed by atoms with van der Waals surface area (Å²) < 4.78 is 5.80. The van der Waals surface area contributed by atoms with Crippen molar-refractivity contribution in [3.63, 3.8) is 0 Å². The van der Waals surface area contributed by atoms with Crippen LogP contribution in [0, 0.1) is 20.8 Å². The number of urea groups is 1. The van der Waals surface area contributed by atoms with Gasteiger partial charge in [0.15, 0.2) is 0 Å². The van der Waals surface area contributed by atoms with Crippen LogP contribution in [-0.4, -0.2) is 30.0 Å². The molecule has 3 aromatic rings. The summed E-state index contributed by atoms with van der Waals surface area (Å²) in [4.78, 5) is 28.5. The highest BCUT2D eigenvalue weighted by atomic mass is 32.1. The summed E-state index contributed by atoms with van der Waals surface area (Å²) in [6.45, 7) is 7.25. The Morgan fingerprint density at radius 3 is 2.34 bits per heavy atom. The lowest BCUT2D eigenvalue weighted by molar-refractivity contribution is 0.0948. The first kappa shape index (κ1) is 23.3. The molecular weight excluding hydrogens is 424 g/mol. The molecule has 1 aromatic heterocycles. The molecule has 8 heteroatoms. The van der Waals surface area contributed by atoms with Gasteiger partial charge in [0, 0.05) is 24.2 Å². The average molecular weight is 453 g/mol. The minimum absolute atomic E-state index is 0.233. The molecule has 0 atom stereocenters. The number of carbonyl (C=O) groups is 2. The number of aryl methyl sites for hydroxylation is 3. The van der Waals surface area contributed by atoms with Crippen LogP contribution < -0.4 is 20.7 Å². The third-order valence-electron chi connectivity index (χ3n) is 4.58. The minimum Gasteiger partial charge on any atom is -0.486 e. The van der Waals surface area contributed by atoms with Gasteiger partial charge in [-0.1, -0.05) is 23.8 Å². The van der Waals surface area contributed by atoms with Crippen LogP contribution in [0.5, 0.6) is 5.75 Å². The Hall–Kier alpha value is -3.39. The number of nitrogens with zero attached hydrogens (tertiary/aromatic N) is 1. The molecule has 3 N–H and O–H groups in total. The van der Waals surface area contributed by atoms with Crippen LogP contribution in [0.3, 0.4) is 0 Å². The van der Waals surface area contributed by atoms with E-state index in [1.165, 1.54) is 11.3 Å². The molecule has 0 aliphatic carbocycles. The van der Waals surface area contributed by atoms with E-state index in [4.69, 9.17) is 4.74 Å². The predicted molar refractivity (Wildman–Crippen MR) is 128 cm³/mol. The van der Waals surface area contributed by atoms with E-state index in [1.807, 2.05) is 57.2 Å². The Morgan fingerprint density at radius 1 is 0.938 bits per heavy atom. The molecule has 0 bridgehead atoms. The third-order valence-corrected chi connectivity index (χ3v) is 5.40. The summed E-state index contributed by atoms with van der Waals surface area (Å²) in [7, 11) is 0. The van der Waals surface area contributed by atoms with Crippen molar-refractivity contribution < 1.29 is 14.3 Å². The van der Waals surface area contributed by atoms with Crippen molar-refractivity contribution >= 4 is 29.0 Å². The molecule has 0 unspecified atom stereocenters. The van der Waals surface area contributed by atoms with Crippen molar-refractivity contribution in [2.24, 2.45) is 0 Å². The molecule has 2 aromatic carbocycles. The molecule has 3 amide bonds. The molecule has 168 valence electrons. The van der Waals surface area contributed by atoms with E-state index in [0.717, 1.165) is 33.1 Å². The van der Waals surface area contributed by atoms with Crippen LogP contribution in [0.2, 0.25) is 0 Å². The SMILES string of the molecule is Cc1ccc(NC(=O)NCCCNC(=O)c2csc(COc3cc(C)cc(C)c3)n2)cc1. The molecule has 1 heterocycles. The van der Waals surface area contributed by atoms with Crippen molar-refractivity contribution in [2.75, 3.05) is 18.4 Å². The van der Waals surface area contributed by atoms with Crippen molar-refractivity contribution in [1.29, 1.82) is 0 Å². The Kier molecular flexibility index (Phi) is 8.21. The molecule has 0 aliphatic heterocycles. The van der Waals surface area contributed by atoms with E-state index < -0.39 is 0 Å². The summed E-state index contributed by atoms with van der Waals surface area (Å²) in [5.41, 5.74) is 4.52. The highest BCUT2D eigenvalue weighted by Gasteiger charge is 2.11. The lowest BCUT2D eigenvalue weighted by Gasteiger charge is -2.08. The van der Waals surface area contributed by atoms with Gasteiger partial charge < -0.3 is 20.7 Å². The van der Waals surface area contributed by atoms with Crippen molar-refractivity contribution in [2.45, 2.75) is 33.8 Å². The zero-order valence-electron chi connectivity index (χ0n) is 18.5. The number of carbonyl (C=O) groups excluding carboxylic acids is 2. The minimum atomic E-state index is -0.270. The van der Waals surface area contributed by atoms with Gasteiger partial charge in [-0.25, -0.2) is 9.78 Å². The van der Waals surface area contributed by atoms with Crippen LogP contribution >= 0.6 is 11.3 Å². The van der Waals surface area contributed by atoms with E-state index in [-0.39, 0.29) is 11.9 Å². The first-order valence-electron chi connectivity index (χ1n) is 10.4. The maximum atomic E-state index is 12.3. The number of hydrogen-bond donors (Lipinski definition) is 3. The Labute approximate surface area is 192 Å². The normalized spacial score (nSPS) is 10.5. The number of anilines is 1. The molecule has 0 saturated heterocycles. The third kappa shape index (κ3) is 7.39. The smallest absolute Gasteiger partial charge is 0.319 e. The fourth-order valence-electron chi connectivity index (χ4n) is 3.04. The highest BCUT2D eigenvalue weighted by molar-refractivity contribution is 7.09. The standard InChI is InChI=1S/C24H28N4O3S/c1-16-5-7-19(8-6-16)27-24(30)26-10-4-9-25-23(29)21-15-32-22(28-21)14-31-20-12-17(2)11-18(3)13-20/h5-8,11-13,15H,4,9-10,14H2,1-3H3,(H,25,29)(H2,26,27,30). The molecule has 0 radical (unpaired) electrons. The van der Waals surface area contributed by atoms with Gasteiger partial charge in [0.1, 0.15) is 23.1 Å². The number of ether oxygens (including phenoxy) is 1. The maximum Gasteiger partial charge on any atom is 0.319 e. The van der Waals surface area contributed by atoms with Gasteiger partial charge in [0.25, 0.3) is 5.91 Å². The van der Waals surface area contributed by atoms with Crippen molar-refractivity contribution in [3.8, 4) is 5.75 Å². The average Bonchev–Trinajstić information content (AvgIpc) is 3.22. The molecule has 32 heavy (non-hydrogen) atoms. The number of nitrogens with one attached hydrogen (secondary N) is 3. The zero-order chi connectivity index (χ0) is 22.9. The van der Waals surface area contributed by atoms with Gasteiger partial charge in [-0.15, -0.1) is 11.3 Å². The molecule has 7 nitrogen and oxygen atoms in total. The van der Waals surface area contributed by atoms with E-state index >= 15 is 0 Å². The van der Waals surface area contributed by atoms with Crippen LogP contribution in [0.4, 0.5) is 10.5 Å². The van der Waals surface area contributed by atoms with Crippen molar-refractivity contribution in [1.82, 2.24) is 15.6 Å². The summed E-state index contributed by atoms with van der Waals surface area (Å²) in [6.07, 6.45) is 0.611. The second-order valence-corrected chi connectivity index (χ2v) is 8.54. The molecule has 0 saturated carbocycles. The summed E-state index contributed by atoms with van der Waals surface area (Å²) in [5, 5.41) is 10.8. The number of benzene rings is 2. The largest absolute Gasteiger partial charge is 0.486 e. The fourth-order valence-corrected chi connectivity index (χ4v) is 3.72. The monoisotopic (exact) mass is 452 g/mol. The molecule has 0 fully saturated rings. The van der Waals surface area contributed by atoms with Gasteiger partial charge in [-0.2, -0.15) is 0 Å². The Morgan fingerprint density at radius 2 is 1.62 bits per heavy atom. The second kappa shape index (κ2) is 11.3. The lowest BCUT2D eigenvalue weighted by atomic mass is 10.1. The first-order valence-corrected chi connectivity index (χ1v) is 11.3. The van der Waals surface area contributed by atoms with Crippen LogP contribution in [0.15, 0.2) is 47.8 Å². The van der Waals surface area contributed by atoms with Crippen LogP contribution in [0.1, 0.15) is 38.6 Å². The highest BCUT2D eigenvalue weighted by Crippen LogP contribution is 2.19. The molecule has 0 spiro atoms. The number of aromatic nitrogens is 1. The molecular formula is C24H28N4O3S. The van der Waals surface area contributed by atoms with Crippen LogP contribution in [0.25, 0.3) is 0 Å². The van der Waals surface area contributed by atoms with Gasteiger partial charge in [0.05, 0.1) is 0 Å². The van der Waals surface area contributed by atoms with E-state index in [0.29, 0.717) is 31.8 Å². The number of hydrogen-bond acceptors (Lipinski definition) is 5. The van der Waals surface area contributed by atoms with Gasteiger partial charge >= 0.3 is 6.03 Å². The van der Waals surface area contributed by atoms with Crippen molar-refractivity contribution in [3.05, 3.63) is 75.2 Å². The summed E-state index contributed by atoms with van der Waals surface area (Å²) >= 11 is 1.39. The van der Waals surface area contributed by atoms with Gasteiger partial charge in [-0.3, -0.25) is 4.79 Å². The summed E-state index contributed by atoms with van der Waals surface area (Å²) in [6, 6.07) is 13.3. The molecule has 3 rings (SSSR count). The Balaban J connectivity index is 1.34. The zero-order valence-corrected chi connectivity index (χ0v) is 19.3. The lowest BCUT2D eigenvalue weighted by Crippen LogP contribution is -2.32. The van der Waals surface area contributed by atoms with Gasteiger partial charge in [-0.05, 0) is 62.6 Å². The fraction of sp³-hybridized carbons (Fsp3) is 0.292. The van der Waals surface area contributed by atoms with Gasteiger partial charge in [0.2, 0.25) is 0 Å². The quantitative estimate of drug-likeness (QED) is 0.414. The van der Waals surface area contributed by atoms with Crippen LogP contribution in [-0.2, 0) is 6.61 Å². The van der Waals surface area contributed by atoms with E-state index in [1.54, 1.807) is 5.38 Å². The Bertz CT molecular complexity index is 1040. The second-order valence-electron chi connectivity index (χ2n) is 7.59. The maximum absolute atomic E-state index is 12.3. The number of rotatable bonds is 9.